The minimum absolute atomic E-state index is 0.492. The average molecular weight is 326 g/mol. The van der Waals surface area contributed by atoms with Crippen molar-refractivity contribution >= 4 is 33.1 Å². The van der Waals surface area contributed by atoms with Gasteiger partial charge in [-0.25, -0.2) is 18.1 Å². The van der Waals surface area contributed by atoms with Gasteiger partial charge in [0.1, 0.15) is 17.4 Å². The molecule has 116 valence electrons. The number of rotatable bonds is 3. The van der Waals surface area contributed by atoms with Crippen molar-refractivity contribution in [1.29, 1.82) is 0 Å². The van der Waals surface area contributed by atoms with Gasteiger partial charge in [0.2, 0.25) is 0 Å². The van der Waals surface area contributed by atoms with Crippen molar-refractivity contribution in [1.82, 2.24) is 18.9 Å². The van der Waals surface area contributed by atoms with Crippen molar-refractivity contribution in [3.63, 3.8) is 0 Å². The lowest BCUT2D eigenvalue weighted by atomic mass is 10.3. The van der Waals surface area contributed by atoms with Gasteiger partial charge in [-0.2, -0.15) is 0 Å². The van der Waals surface area contributed by atoms with Crippen molar-refractivity contribution in [2.45, 2.75) is 17.9 Å². The maximum absolute atomic E-state index is 12.7. The predicted octanol–water partition coefficient (Wildman–Crippen LogP) is 2.54. The number of aromatic amines is 1. The number of nitrogens with one attached hydrogen (secondary N) is 1. The number of nitrogens with zero attached hydrogens (tertiary/aromatic N) is 3. The van der Waals surface area contributed by atoms with Gasteiger partial charge in [-0.1, -0.05) is 18.2 Å². The summed E-state index contributed by atoms with van der Waals surface area (Å²) in [6.07, 6.45) is 2.71. The number of benzene rings is 1. The molecule has 0 fully saturated rings. The summed E-state index contributed by atoms with van der Waals surface area (Å²) in [5.74, 6) is 0.492. The van der Waals surface area contributed by atoms with Crippen LogP contribution in [0, 0.1) is 0 Å². The largest absolute Gasteiger partial charge is 0.385 e. The molecule has 0 spiro atoms. The van der Waals surface area contributed by atoms with Gasteiger partial charge in [-0.3, -0.25) is 0 Å². The van der Waals surface area contributed by atoms with Crippen molar-refractivity contribution in [3.05, 3.63) is 54.6 Å². The van der Waals surface area contributed by atoms with Crippen LogP contribution in [0.2, 0.25) is 0 Å². The molecule has 2 atom stereocenters. The van der Waals surface area contributed by atoms with Gasteiger partial charge in [0, 0.05) is 11.6 Å². The van der Waals surface area contributed by atoms with E-state index in [2.05, 4.69) is 15.0 Å². The molecule has 0 radical (unpaired) electrons. The summed E-state index contributed by atoms with van der Waals surface area (Å²) >= 11 is 0. The van der Waals surface area contributed by atoms with E-state index in [1.165, 1.54) is 0 Å². The molecular weight excluding hydrogens is 312 g/mol. The van der Waals surface area contributed by atoms with Crippen LogP contribution in [0.4, 0.5) is 0 Å². The molecule has 0 bridgehead atoms. The first-order valence-corrected chi connectivity index (χ1v) is 8.27. The number of aliphatic hydroxyl groups excluding tert-OH is 1. The summed E-state index contributed by atoms with van der Waals surface area (Å²) in [4.78, 5) is 12.6. The lowest BCUT2D eigenvalue weighted by Crippen LogP contribution is -2.04. The van der Waals surface area contributed by atoms with Crippen LogP contribution in [0.25, 0.3) is 22.1 Å². The van der Waals surface area contributed by atoms with Gasteiger partial charge in [0.05, 0.1) is 16.6 Å². The highest BCUT2D eigenvalue weighted by Crippen LogP contribution is 2.25. The number of imidazole rings is 1. The van der Waals surface area contributed by atoms with Gasteiger partial charge in [-0.15, -0.1) is 0 Å². The topological polar surface area (TPSA) is 83.8 Å². The fourth-order valence-electron chi connectivity index (χ4n) is 2.53. The molecule has 0 aliphatic carbocycles. The fraction of sp³-hybridized carbons (Fsp3) is 0.125. The Hall–Kier alpha value is -2.51. The number of H-pyrrole nitrogens is 1. The number of aromatic nitrogens is 4. The van der Waals surface area contributed by atoms with Crippen LogP contribution in [0.5, 0.6) is 0 Å². The Morgan fingerprint density at radius 1 is 1.26 bits per heavy atom. The van der Waals surface area contributed by atoms with Crippen LogP contribution in [-0.2, 0) is 11.0 Å². The van der Waals surface area contributed by atoms with Gasteiger partial charge in [-0.05, 0) is 25.1 Å². The van der Waals surface area contributed by atoms with E-state index in [9.17, 15) is 9.32 Å². The molecular formula is C16H14N4O2S. The Labute approximate surface area is 134 Å². The molecule has 4 rings (SSSR count). The Morgan fingerprint density at radius 3 is 2.78 bits per heavy atom. The van der Waals surface area contributed by atoms with Crippen LogP contribution >= 0.6 is 0 Å². The standard InChI is InChI=1S/C16H14N4O2S/c1-10(21)15-18-13-9-17-16-12(14(13)19-15)7-8-20(16)23(22)11-5-3-2-4-6-11/h2-10,21H,1H3,(H,18,19). The number of aliphatic hydroxyl groups is 1. The highest BCUT2D eigenvalue weighted by molar-refractivity contribution is 7.83. The molecule has 7 heteroatoms. The first-order valence-electron chi connectivity index (χ1n) is 7.16. The molecule has 0 amide bonds. The number of pyridine rings is 1. The zero-order chi connectivity index (χ0) is 16.0. The highest BCUT2D eigenvalue weighted by Gasteiger charge is 2.16. The zero-order valence-electron chi connectivity index (χ0n) is 12.3. The van der Waals surface area contributed by atoms with Crippen molar-refractivity contribution < 1.29 is 9.32 Å². The monoisotopic (exact) mass is 326 g/mol. The van der Waals surface area contributed by atoms with E-state index in [-0.39, 0.29) is 0 Å². The lowest BCUT2D eigenvalue weighted by Gasteiger charge is -2.04. The minimum Gasteiger partial charge on any atom is -0.385 e. The Bertz CT molecular complexity index is 1020. The summed E-state index contributed by atoms with van der Waals surface area (Å²) < 4.78 is 14.4. The molecule has 2 N–H and O–H groups in total. The molecule has 0 saturated heterocycles. The quantitative estimate of drug-likeness (QED) is 0.606. The van der Waals surface area contributed by atoms with Crippen LogP contribution in [0.1, 0.15) is 18.9 Å². The summed E-state index contributed by atoms with van der Waals surface area (Å²) in [5, 5.41) is 10.5. The van der Waals surface area contributed by atoms with E-state index in [1.807, 2.05) is 36.4 Å². The number of hydrogen-bond acceptors (Lipinski definition) is 4. The van der Waals surface area contributed by atoms with Crippen LogP contribution < -0.4 is 0 Å². The molecule has 4 aromatic rings. The molecule has 2 unspecified atom stereocenters. The van der Waals surface area contributed by atoms with Crippen LogP contribution in [0.3, 0.4) is 0 Å². The molecule has 1 aromatic carbocycles. The van der Waals surface area contributed by atoms with Gasteiger partial charge < -0.3 is 10.1 Å². The Kier molecular flexibility index (Phi) is 3.24. The zero-order valence-corrected chi connectivity index (χ0v) is 13.1. The first kappa shape index (κ1) is 14.1. The first-order chi connectivity index (χ1) is 11.1. The molecule has 3 heterocycles. The van der Waals surface area contributed by atoms with Gasteiger partial charge >= 0.3 is 0 Å². The second kappa shape index (κ2) is 5.29. The van der Waals surface area contributed by atoms with Crippen molar-refractivity contribution in [2.24, 2.45) is 0 Å². The highest BCUT2D eigenvalue weighted by atomic mass is 32.2. The summed E-state index contributed by atoms with van der Waals surface area (Å²) in [5.41, 5.74) is 2.06. The number of hydrogen-bond donors (Lipinski definition) is 2. The van der Waals surface area contributed by atoms with Crippen LogP contribution in [0.15, 0.2) is 53.7 Å². The summed E-state index contributed by atoms with van der Waals surface area (Å²) in [6, 6.07) is 11.1. The van der Waals surface area contributed by atoms with Crippen molar-refractivity contribution in [3.8, 4) is 0 Å². The molecule has 23 heavy (non-hydrogen) atoms. The maximum Gasteiger partial charge on any atom is 0.158 e. The third kappa shape index (κ3) is 2.25. The second-order valence-corrected chi connectivity index (χ2v) is 6.62. The molecule has 3 aromatic heterocycles. The Morgan fingerprint density at radius 2 is 2.04 bits per heavy atom. The fourth-order valence-corrected chi connectivity index (χ4v) is 3.62. The van der Waals surface area contributed by atoms with E-state index in [4.69, 9.17) is 0 Å². The summed E-state index contributed by atoms with van der Waals surface area (Å²) in [7, 11) is -1.37. The van der Waals surface area contributed by atoms with E-state index >= 15 is 0 Å². The van der Waals surface area contributed by atoms with E-state index < -0.39 is 17.1 Å². The molecule has 0 saturated carbocycles. The molecule has 0 aliphatic rings. The SMILES string of the molecule is CC(O)c1nc2c(cnc3c2ccn3S(=O)c2ccccc2)[nH]1. The predicted molar refractivity (Wildman–Crippen MR) is 88.3 cm³/mol. The summed E-state index contributed by atoms with van der Waals surface area (Å²) in [6.45, 7) is 1.65. The second-order valence-electron chi connectivity index (χ2n) is 5.26. The Balaban J connectivity index is 1.90. The van der Waals surface area contributed by atoms with E-state index in [0.29, 0.717) is 16.4 Å². The third-order valence-electron chi connectivity index (χ3n) is 3.67. The number of fused-ring (bicyclic) bond motifs is 3. The van der Waals surface area contributed by atoms with E-state index in [0.717, 1.165) is 16.4 Å². The van der Waals surface area contributed by atoms with Crippen LogP contribution in [-0.4, -0.2) is 28.2 Å². The van der Waals surface area contributed by atoms with Gasteiger partial charge in [0.25, 0.3) is 0 Å². The van der Waals surface area contributed by atoms with E-state index in [1.54, 1.807) is 23.3 Å². The normalized spacial score (nSPS) is 14.3. The smallest absolute Gasteiger partial charge is 0.158 e. The van der Waals surface area contributed by atoms with Gasteiger partial charge in [0.15, 0.2) is 16.6 Å². The molecule has 6 nitrogen and oxygen atoms in total. The third-order valence-corrected chi connectivity index (χ3v) is 4.99. The minimum atomic E-state index is -1.37. The average Bonchev–Trinajstić information content (AvgIpc) is 3.18. The maximum atomic E-state index is 12.7. The molecule has 0 aliphatic heterocycles. The lowest BCUT2D eigenvalue weighted by molar-refractivity contribution is 0.190. The van der Waals surface area contributed by atoms with Crippen molar-refractivity contribution in [2.75, 3.05) is 0 Å².